The molecule has 5 rings (SSSR count). The predicted molar refractivity (Wildman–Crippen MR) is 127 cm³/mol. The van der Waals surface area contributed by atoms with E-state index in [1.165, 1.54) is 11.3 Å². The Bertz CT molecular complexity index is 1210. The number of allylic oxidation sites excluding steroid dienone is 2. The highest BCUT2D eigenvalue weighted by atomic mass is 28.3. The third-order valence-corrected chi connectivity index (χ3v) is 13.7. The molecular formula is C27H28O4Si. The number of aliphatic hydroxyl groups is 1. The lowest BCUT2D eigenvalue weighted by Crippen LogP contribution is -2.58. The molecule has 1 fully saturated rings. The van der Waals surface area contributed by atoms with Crippen molar-refractivity contribution in [2.75, 3.05) is 0 Å². The van der Waals surface area contributed by atoms with Crippen LogP contribution in [0.5, 0.6) is 5.75 Å². The van der Waals surface area contributed by atoms with E-state index in [9.17, 15) is 19.8 Å². The van der Waals surface area contributed by atoms with Gasteiger partial charge in [0.1, 0.15) is 5.75 Å². The molecule has 0 amide bonds. The molecular weight excluding hydrogens is 416 g/mol. The van der Waals surface area contributed by atoms with E-state index < -0.39 is 19.6 Å². The highest BCUT2D eigenvalue weighted by Gasteiger charge is 2.57. The van der Waals surface area contributed by atoms with Gasteiger partial charge in [-0.05, 0) is 30.4 Å². The molecule has 1 saturated carbocycles. The van der Waals surface area contributed by atoms with Crippen molar-refractivity contribution in [2.45, 2.75) is 49.9 Å². The summed E-state index contributed by atoms with van der Waals surface area (Å²) in [5.41, 5.74) is -0.126. The molecule has 0 saturated heterocycles. The third-order valence-electron chi connectivity index (χ3n) is 8.45. The first kappa shape index (κ1) is 21.1. The van der Waals surface area contributed by atoms with Crippen molar-refractivity contribution in [1.29, 1.82) is 0 Å². The van der Waals surface area contributed by atoms with Crippen molar-refractivity contribution in [3.05, 3.63) is 83.0 Å². The smallest absolute Gasteiger partial charge is 0.197 e. The zero-order valence-corrected chi connectivity index (χ0v) is 19.7. The number of carbonyl (C=O) groups excluding carboxylic acids is 2. The Morgan fingerprint density at radius 3 is 2.44 bits per heavy atom. The molecule has 3 atom stereocenters. The summed E-state index contributed by atoms with van der Waals surface area (Å²) in [7, 11) is -1.96. The van der Waals surface area contributed by atoms with Crippen LogP contribution in [0, 0.1) is 5.92 Å². The van der Waals surface area contributed by atoms with Gasteiger partial charge in [0.2, 0.25) is 0 Å². The van der Waals surface area contributed by atoms with Crippen LogP contribution in [-0.4, -0.2) is 35.5 Å². The quantitative estimate of drug-likeness (QED) is 0.667. The molecule has 0 aliphatic heterocycles. The number of hydrogen-bond acceptors (Lipinski definition) is 4. The zero-order chi connectivity index (χ0) is 22.9. The Hall–Kier alpha value is -2.76. The van der Waals surface area contributed by atoms with E-state index >= 15 is 0 Å². The Kier molecular flexibility index (Phi) is 4.53. The first-order valence-corrected chi connectivity index (χ1v) is 14.2. The Morgan fingerprint density at radius 2 is 1.72 bits per heavy atom. The molecule has 32 heavy (non-hydrogen) atoms. The summed E-state index contributed by atoms with van der Waals surface area (Å²) in [6.45, 7) is 6.99. The maximum absolute atomic E-state index is 13.5. The van der Waals surface area contributed by atoms with Crippen LogP contribution in [0.25, 0.3) is 0 Å². The summed E-state index contributed by atoms with van der Waals surface area (Å²) < 4.78 is 0. The molecule has 0 unspecified atom stereocenters. The van der Waals surface area contributed by atoms with Gasteiger partial charge in [-0.15, -0.1) is 0 Å². The van der Waals surface area contributed by atoms with Gasteiger partial charge in [-0.3, -0.25) is 9.59 Å². The molecule has 2 aromatic rings. The number of carbonyl (C=O) groups is 2. The lowest BCUT2D eigenvalue weighted by Gasteiger charge is -2.54. The van der Waals surface area contributed by atoms with Gasteiger partial charge in [0.05, 0.1) is 19.2 Å². The molecule has 2 N–H and O–H groups in total. The van der Waals surface area contributed by atoms with E-state index in [4.69, 9.17) is 0 Å². The van der Waals surface area contributed by atoms with E-state index in [1.54, 1.807) is 24.3 Å². The highest BCUT2D eigenvalue weighted by Crippen LogP contribution is 2.58. The number of ketones is 2. The number of phenolic OH excluding ortho intramolecular Hbond substituents is 1. The van der Waals surface area contributed by atoms with Crippen molar-refractivity contribution in [3.63, 3.8) is 0 Å². The minimum Gasteiger partial charge on any atom is -0.507 e. The van der Waals surface area contributed by atoms with Crippen LogP contribution >= 0.6 is 0 Å². The van der Waals surface area contributed by atoms with Crippen molar-refractivity contribution >= 4 is 24.8 Å². The number of Topliss-reactive ketones (excluding diaryl/α,β-unsaturated/α-hetero) is 2. The molecule has 2 aromatic carbocycles. The molecule has 0 heterocycles. The summed E-state index contributed by atoms with van der Waals surface area (Å²) in [6, 6.07) is 15.2. The zero-order valence-electron chi connectivity index (χ0n) is 18.7. The van der Waals surface area contributed by atoms with Crippen LogP contribution in [0.3, 0.4) is 0 Å². The van der Waals surface area contributed by atoms with Gasteiger partial charge in [-0.25, -0.2) is 0 Å². The second-order valence-corrected chi connectivity index (χ2v) is 15.4. The summed E-state index contributed by atoms with van der Waals surface area (Å²) in [6.07, 6.45) is 5.43. The van der Waals surface area contributed by atoms with E-state index in [0.29, 0.717) is 24.0 Å². The number of benzene rings is 2. The molecule has 0 aromatic heterocycles. The summed E-state index contributed by atoms with van der Waals surface area (Å²) in [5, 5.41) is 23.4. The fraction of sp³-hybridized carbons (Fsp3) is 0.333. The van der Waals surface area contributed by atoms with Gasteiger partial charge >= 0.3 is 0 Å². The maximum atomic E-state index is 13.5. The van der Waals surface area contributed by atoms with E-state index in [0.717, 1.165) is 6.42 Å². The van der Waals surface area contributed by atoms with Crippen LogP contribution in [0.2, 0.25) is 18.1 Å². The van der Waals surface area contributed by atoms with E-state index in [1.807, 2.05) is 6.07 Å². The maximum Gasteiger partial charge on any atom is 0.197 e. The molecule has 0 bridgehead atoms. The van der Waals surface area contributed by atoms with Crippen LogP contribution < -0.4 is 5.19 Å². The van der Waals surface area contributed by atoms with E-state index in [-0.39, 0.29) is 33.5 Å². The summed E-state index contributed by atoms with van der Waals surface area (Å²) >= 11 is 0. The first-order valence-electron chi connectivity index (χ1n) is 11.2. The SMILES string of the molecule is C[C@@]1([Si](C)(C)c2ccccc2)CC[C@@H]2C3=C(C=C[C@@]2(O)C1)C(=O)c1c(O)cccc1C3=O. The van der Waals surface area contributed by atoms with Crippen molar-refractivity contribution < 1.29 is 19.8 Å². The number of rotatable bonds is 2. The normalized spacial score (nSPS) is 29.4. The van der Waals surface area contributed by atoms with Crippen molar-refractivity contribution in [1.82, 2.24) is 0 Å². The molecule has 164 valence electrons. The largest absolute Gasteiger partial charge is 0.507 e. The van der Waals surface area contributed by atoms with Gasteiger partial charge in [-0.1, -0.05) is 79.8 Å². The lowest BCUT2D eigenvalue weighted by atomic mass is 9.61. The first-order chi connectivity index (χ1) is 15.1. The van der Waals surface area contributed by atoms with Crippen LogP contribution in [-0.2, 0) is 0 Å². The van der Waals surface area contributed by atoms with Crippen LogP contribution in [0.1, 0.15) is 46.9 Å². The van der Waals surface area contributed by atoms with Crippen LogP contribution in [0.4, 0.5) is 0 Å². The Labute approximate surface area is 189 Å². The highest BCUT2D eigenvalue weighted by molar-refractivity contribution is 6.92. The van der Waals surface area contributed by atoms with E-state index in [2.05, 4.69) is 44.3 Å². The van der Waals surface area contributed by atoms with Gasteiger partial charge in [0, 0.05) is 22.6 Å². The van der Waals surface area contributed by atoms with Gasteiger partial charge in [-0.2, -0.15) is 0 Å². The van der Waals surface area contributed by atoms with Gasteiger partial charge < -0.3 is 10.2 Å². The number of phenols is 1. The molecule has 0 spiro atoms. The summed E-state index contributed by atoms with van der Waals surface area (Å²) in [4.78, 5) is 26.6. The lowest BCUT2D eigenvalue weighted by molar-refractivity contribution is -0.00689. The fourth-order valence-corrected chi connectivity index (χ4v) is 9.30. The standard InChI is InChI=1S/C27H28O4Si/c1-26(32(2,3)17-8-5-4-6-9-17)14-13-20-22-19(12-15-27(20,31)16-26)25(30)23-18(24(22)29)10-7-11-21(23)28/h4-12,15,20,28,31H,13-14,16H2,1-3H3/t20-,26-,27-/m1/s1. The van der Waals surface area contributed by atoms with Gasteiger partial charge in [0.15, 0.2) is 11.6 Å². The third kappa shape index (κ3) is 2.77. The second-order valence-electron chi connectivity index (χ2n) is 10.3. The summed E-state index contributed by atoms with van der Waals surface area (Å²) in [5.74, 6) is -1.17. The molecule has 3 aliphatic carbocycles. The number of hydrogen-bond donors (Lipinski definition) is 2. The topological polar surface area (TPSA) is 74.6 Å². The van der Waals surface area contributed by atoms with Crippen LogP contribution in [0.15, 0.2) is 71.8 Å². The Balaban J connectivity index is 1.55. The minimum absolute atomic E-state index is 0.0695. The average molecular weight is 445 g/mol. The predicted octanol–water partition coefficient (Wildman–Crippen LogP) is 4.54. The Morgan fingerprint density at radius 1 is 1.00 bits per heavy atom. The minimum atomic E-state index is -1.96. The molecule has 3 aliphatic rings. The second kappa shape index (κ2) is 6.87. The monoisotopic (exact) mass is 444 g/mol. The molecule has 5 heteroatoms. The molecule has 0 radical (unpaired) electrons. The van der Waals surface area contributed by atoms with Crippen molar-refractivity contribution in [2.24, 2.45) is 5.92 Å². The van der Waals surface area contributed by atoms with Gasteiger partial charge in [0.25, 0.3) is 0 Å². The number of fused-ring (bicyclic) bond motifs is 3. The molecule has 4 nitrogen and oxygen atoms in total. The average Bonchev–Trinajstić information content (AvgIpc) is 2.76. The fourth-order valence-electron chi connectivity index (χ4n) is 6.09. The number of aromatic hydroxyl groups is 1. The van der Waals surface area contributed by atoms with Crippen molar-refractivity contribution in [3.8, 4) is 5.75 Å².